The number of hydrogen-bond donors (Lipinski definition) is 2. The van der Waals surface area contributed by atoms with E-state index in [-0.39, 0.29) is 23.1 Å². The molecular weight excluding hydrogens is 357 g/mol. The van der Waals surface area contributed by atoms with Crippen molar-refractivity contribution in [2.75, 3.05) is 17.2 Å². The monoisotopic (exact) mass is 372 g/mol. The van der Waals surface area contributed by atoms with Crippen molar-refractivity contribution in [3.8, 4) is 0 Å². The number of amides is 1. The Balaban J connectivity index is 1.62. The molecule has 8 heteroatoms. The van der Waals surface area contributed by atoms with Crippen molar-refractivity contribution in [3.05, 3.63) is 83.4 Å². The fourth-order valence-electron chi connectivity index (χ4n) is 2.36. The van der Waals surface area contributed by atoms with Crippen molar-refractivity contribution in [2.45, 2.75) is 6.42 Å². The molecule has 0 aliphatic rings. The quantitative estimate of drug-likeness (QED) is 0.691. The third-order valence-electron chi connectivity index (χ3n) is 3.70. The maximum absolute atomic E-state index is 13.6. The Labute approximate surface area is 153 Å². The number of anilines is 2. The minimum Gasteiger partial charge on any atom is -0.354 e. The van der Waals surface area contributed by atoms with Crippen LogP contribution in [-0.2, 0) is 6.42 Å². The predicted octanol–water partition coefficient (Wildman–Crippen LogP) is 3.80. The van der Waals surface area contributed by atoms with Gasteiger partial charge < -0.3 is 10.6 Å². The Hall–Kier alpha value is -3.42. The molecule has 0 aliphatic carbocycles. The number of carbonyl (C=O) groups excluding carboxylic acids is 1. The normalized spacial score (nSPS) is 10.5. The summed E-state index contributed by atoms with van der Waals surface area (Å²) < 4.78 is 40.1. The zero-order valence-electron chi connectivity index (χ0n) is 14.0. The largest absolute Gasteiger partial charge is 0.354 e. The van der Waals surface area contributed by atoms with Crippen molar-refractivity contribution in [1.82, 2.24) is 9.97 Å². The molecule has 138 valence electrons. The van der Waals surface area contributed by atoms with Crippen molar-refractivity contribution in [2.24, 2.45) is 0 Å². The molecule has 1 amide bonds. The molecule has 2 N–H and O–H groups in total. The van der Waals surface area contributed by atoms with Gasteiger partial charge in [-0.3, -0.25) is 4.79 Å². The molecule has 2 aromatic carbocycles. The number of nitrogens with one attached hydrogen (secondary N) is 2. The third kappa shape index (κ3) is 4.81. The molecule has 3 rings (SSSR count). The molecule has 0 radical (unpaired) electrons. The Bertz CT molecular complexity index is 965. The highest BCUT2D eigenvalue weighted by Crippen LogP contribution is 2.16. The van der Waals surface area contributed by atoms with Gasteiger partial charge in [0.2, 0.25) is 5.95 Å². The van der Waals surface area contributed by atoms with Crippen LogP contribution in [0.3, 0.4) is 0 Å². The number of hydrogen-bond acceptors (Lipinski definition) is 4. The molecule has 0 unspecified atom stereocenters. The first-order valence-corrected chi connectivity index (χ1v) is 8.09. The molecule has 5 nitrogen and oxygen atoms in total. The van der Waals surface area contributed by atoms with Crippen LogP contribution >= 0.6 is 0 Å². The Morgan fingerprint density at radius 2 is 1.81 bits per heavy atom. The van der Waals surface area contributed by atoms with E-state index < -0.39 is 17.5 Å². The molecule has 27 heavy (non-hydrogen) atoms. The van der Waals surface area contributed by atoms with Crippen LogP contribution in [0.25, 0.3) is 0 Å². The first-order chi connectivity index (χ1) is 13.0. The van der Waals surface area contributed by atoms with Gasteiger partial charge in [0.1, 0.15) is 23.1 Å². The molecule has 0 atom stereocenters. The van der Waals surface area contributed by atoms with E-state index in [1.165, 1.54) is 18.3 Å². The molecule has 0 aliphatic heterocycles. The van der Waals surface area contributed by atoms with Gasteiger partial charge in [0.05, 0.1) is 5.69 Å². The van der Waals surface area contributed by atoms with E-state index in [1.807, 2.05) is 0 Å². The van der Waals surface area contributed by atoms with E-state index in [0.29, 0.717) is 24.6 Å². The van der Waals surface area contributed by atoms with Crippen molar-refractivity contribution in [3.63, 3.8) is 0 Å². The summed E-state index contributed by atoms with van der Waals surface area (Å²) in [5, 5.41) is 5.23. The van der Waals surface area contributed by atoms with Crippen LogP contribution in [0.2, 0.25) is 0 Å². The smallest absolute Gasteiger partial charge is 0.274 e. The van der Waals surface area contributed by atoms with E-state index in [0.717, 1.165) is 12.1 Å². The number of aromatic nitrogens is 2. The van der Waals surface area contributed by atoms with Crippen LogP contribution in [0.4, 0.5) is 24.8 Å². The first kappa shape index (κ1) is 18.4. The average molecular weight is 372 g/mol. The third-order valence-corrected chi connectivity index (χ3v) is 3.70. The number of nitrogens with zero attached hydrogens (tertiary/aromatic N) is 2. The second kappa shape index (κ2) is 8.31. The van der Waals surface area contributed by atoms with Gasteiger partial charge in [-0.1, -0.05) is 18.2 Å². The molecule has 3 aromatic rings. The highest BCUT2D eigenvalue weighted by molar-refractivity contribution is 6.03. The van der Waals surface area contributed by atoms with Crippen LogP contribution in [0.5, 0.6) is 0 Å². The first-order valence-electron chi connectivity index (χ1n) is 8.09. The van der Waals surface area contributed by atoms with E-state index in [2.05, 4.69) is 20.6 Å². The minimum atomic E-state index is -0.888. The zero-order chi connectivity index (χ0) is 19.2. The standard InChI is InChI=1S/C19H15F3N4O/c20-13-5-6-16(15(22)11-13)25-18(27)17-8-10-24-19(26-17)23-9-7-12-3-1-2-4-14(12)21/h1-6,8,10-11H,7,9H2,(H,25,27)(H,23,24,26). The Morgan fingerprint density at radius 3 is 2.59 bits per heavy atom. The molecule has 0 spiro atoms. The van der Waals surface area contributed by atoms with Crippen molar-refractivity contribution in [1.29, 1.82) is 0 Å². The highest BCUT2D eigenvalue weighted by atomic mass is 19.1. The van der Waals surface area contributed by atoms with E-state index in [4.69, 9.17) is 0 Å². The predicted molar refractivity (Wildman–Crippen MR) is 94.9 cm³/mol. The highest BCUT2D eigenvalue weighted by Gasteiger charge is 2.12. The fourth-order valence-corrected chi connectivity index (χ4v) is 2.36. The van der Waals surface area contributed by atoms with Crippen molar-refractivity contribution < 1.29 is 18.0 Å². The van der Waals surface area contributed by atoms with Gasteiger partial charge in [-0.15, -0.1) is 0 Å². The SMILES string of the molecule is O=C(Nc1ccc(F)cc1F)c1ccnc(NCCc2ccccc2F)n1. The second-order valence-corrected chi connectivity index (χ2v) is 5.61. The van der Waals surface area contributed by atoms with Crippen LogP contribution in [0.15, 0.2) is 54.7 Å². The van der Waals surface area contributed by atoms with Gasteiger partial charge in [0.25, 0.3) is 5.91 Å². The molecule has 0 fully saturated rings. The molecule has 0 saturated heterocycles. The molecule has 0 saturated carbocycles. The number of benzene rings is 2. The van der Waals surface area contributed by atoms with E-state index >= 15 is 0 Å². The summed E-state index contributed by atoms with van der Waals surface area (Å²) in [6.45, 7) is 0.360. The van der Waals surface area contributed by atoms with Gasteiger partial charge in [-0.25, -0.2) is 23.1 Å². The summed E-state index contributed by atoms with van der Waals surface area (Å²) in [6.07, 6.45) is 1.78. The van der Waals surface area contributed by atoms with Gasteiger partial charge in [-0.2, -0.15) is 0 Å². The number of rotatable bonds is 6. The lowest BCUT2D eigenvalue weighted by molar-refractivity contribution is 0.102. The van der Waals surface area contributed by atoms with E-state index in [1.54, 1.807) is 18.2 Å². The van der Waals surface area contributed by atoms with Gasteiger partial charge in [-0.05, 0) is 36.2 Å². The topological polar surface area (TPSA) is 66.9 Å². The van der Waals surface area contributed by atoms with Crippen LogP contribution in [-0.4, -0.2) is 22.4 Å². The maximum Gasteiger partial charge on any atom is 0.274 e. The summed E-state index contributed by atoms with van der Waals surface area (Å²) in [4.78, 5) is 20.2. The Kier molecular flexibility index (Phi) is 5.65. The average Bonchev–Trinajstić information content (AvgIpc) is 2.66. The zero-order valence-corrected chi connectivity index (χ0v) is 14.0. The van der Waals surface area contributed by atoms with Crippen LogP contribution in [0, 0.1) is 17.5 Å². The molecule has 1 aromatic heterocycles. The lowest BCUT2D eigenvalue weighted by Gasteiger charge is -2.08. The van der Waals surface area contributed by atoms with Gasteiger partial charge in [0, 0.05) is 18.8 Å². The van der Waals surface area contributed by atoms with Gasteiger partial charge >= 0.3 is 0 Å². The van der Waals surface area contributed by atoms with Gasteiger partial charge in [0.15, 0.2) is 0 Å². The lowest BCUT2D eigenvalue weighted by Crippen LogP contribution is -2.17. The maximum atomic E-state index is 13.6. The summed E-state index contributed by atoms with van der Waals surface area (Å²) >= 11 is 0. The summed E-state index contributed by atoms with van der Waals surface area (Å²) in [6, 6.07) is 10.6. The second-order valence-electron chi connectivity index (χ2n) is 5.61. The van der Waals surface area contributed by atoms with Crippen LogP contribution in [0.1, 0.15) is 16.1 Å². The lowest BCUT2D eigenvalue weighted by atomic mass is 10.1. The van der Waals surface area contributed by atoms with E-state index in [9.17, 15) is 18.0 Å². The Morgan fingerprint density at radius 1 is 1.00 bits per heavy atom. The molecule has 0 bridgehead atoms. The summed E-state index contributed by atoms with van der Waals surface area (Å²) in [7, 11) is 0. The number of carbonyl (C=O) groups is 1. The summed E-state index contributed by atoms with van der Waals surface area (Å²) in [5.74, 6) is -2.41. The van der Waals surface area contributed by atoms with Crippen molar-refractivity contribution >= 4 is 17.5 Å². The summed E-state index contributed by atoms with van der Waals surface area (Å²) in [5.41, 5.74) is 0.391. The number of halogens is 3. The fraction of sp³-hybridized carbons (Fsp3) is 0.105. The van der Waals surface area contributed by atoms with Crippen LogP contribution < -0.4 is 10.6 Å². The molecular formula is C19H15F3N4O. The minimum absolute atomic E-state index is 0.00196. The molecule has 1 heterocycles.